The van der Waals surface area contributed by atoms with E-state index in [1.54, 1.807) is 24.3 Å². The monoisotopic (exact) mass is 336 g/mol. The molecule has 0 aliphatic carbocycles. The van der Waals surface area contributed by atoms with Gasteiger partial charge in [0, 0.05) is 18.7 Å². The van der Waals surface area contributed by atoms with Gasteiger partial charge in [-0.05, 0) is 36.4 Å². The van der Waals surface area contributed by atoms with Crippen molar-refractivity contribution in [3.63, 3.8) is 0 Å². The topological polar surface area (TPSA) is 66.5 Å². The second kappa shape index (κ2) is 7.23. The molecule has 2 rings (SSSR count). The molecule has 23 heavy (non-hydrogen) atoms. The number of sulfonamides is 1. The normalized spacial score (nSPS) is 11.0. The van der Waals surface area contributed by atoms with E-state index in [9.17, 15) is 17.6 Å². The third-order valence-electron chi connectivity index (χ3n) is 3.11. The van der Waals surface area contributed by atoms with E-state index < -0.39 is 15.8 Å². The molecule has 0 saturated carbocycles. The number of carbonyl (C=O) groups is 1. The largest absolute Gasteiger partial charge is 0.326 e. The SMILES string of the molecule is CS(=O)(=O)N(CCC(=O)Nc1ccccc1)c1ccc(F)cc1. The lowest BCUT2D eigenvalue weighted by Gasteiger charge is -2.22. The number of nitrogens with zero attached hydrogens (tertiary/aromatic N) is 1. The Bertz CT molecular complexity index is 762. The van der Waals surface area contributed by atoms with E-state index in [0.717, 1.165) is 10.6 Å². The van der Waals surface area contributed by atoms with Gasteiger partial charge in [0.05, 0.1) is 11.9 Å². The van der Waals surface area contributed by atoms with E-state index in [-0.39, 0.29) is 18.9 Å². The average molecular weight is 336 g/mol. The van der Waals surface area contributed by atoms with Gasteiger partial charge < -0.3 is 5.32 Å². The molecule has 0 spiro atoms. The Hall–Kier alpha value is -2.41. The average Bonchev–Trinajstić information content (AvgIpc) is 2.49. The summed E-state index contributed by atoms with van der Waals surface area (Å²) in [5, 5.41) is 2.69. The maximum absolute atomic E-state index is 13.0. The summed E-state index contributed by atoms with van der Waals surface area (Å²) in [6.45, 7) is -0.0247. The third kappa shape index (κ3) is 5.07. The van der Waals surface area contributed by atoms with Gasteiger partial charge in [0.25, 0.3) is 0 Å². The molecule has 7 heteroatoms. The molecule has 5 nitrogen and oxygen atoms in total. The number of benzene rings is 2. The molecule has 0 aliphatic heterocycles. The van der Waals surface area contributed by atoms with Crippen LogP contribution in [-0.2, 0) is 14.8 Å². The lowest BCUT2D eigenvalue weighted by Crippen LogP contribution is -2.33. The lowest BCUT2D eigenvalue weighted by molar-refractivity contribution is -0.116. The van der Waals surface area contributed by atoms with Gasteiger partial charge in [-0.25, -0.2) is 12.8 Å². The number of hydrogen-bond donors (Lipinski definition) is 1. The van der Waals surface area contributed by atoms with Crippen molar-refractivity contribution in [1.29, 1.82) is 0 Å². The van der Waals surface area contributed by atoms with Gasteiger partial charge >= 0.3 is 0 Å². The zero-order chi connectivity index (χ0) is 16.9. The van der Waals surface area contributed by atoms with Gasteiger partial charge in [0.1, 0.15) is 5.82 Å². The quantitative estimate of drug-likeness (QED) is 0.882. The molecule has 0 fully saturated rings. The Morgan fingerprint density at radius 3 is 2.26 bits per heavy atom. The molecule has 0 radical (unpaired) electrons. The van der Waals surface area contributed by atoms with Crippen LogP contribution in [-0.4, -0.2) is 27.1 Å². The van der Waals surface area contributed by atoms with Gasteiger partial charge in [-0.1, -0.05) is 18.2 Å². The van der Waals surface area contributed by atoms with Crippen LogP contribution in [0.3, 0.4) is 0 Å². The number of amides is 1. The van der Waals surface area contributed by atoms with Crippen LogP contribution in [0.5, 0.6) is 0 Å². The lowest BCUT2D eigenvalue weighted by atomic mass is 10.3. The number of para-hydroxylation sites is 1. The van der Waals surface area contributed by atoms with Crippen LogP contribution in [0.1, 0.15) is 6.42 Å². The zero-order valence-electron chi connectivity index (χ0n) is 12.6. The highest BCUT2D eigenvalue weighted by molar-refractivity contribution is 7.92. The fourth-order valence-electron chi connectivity index (χ4n) is 2.04. The van der Waals surface area contributed by atoms with E-state index in [2.05, 4.69) is 5.32 Å². The van der Waals surface area contributed by atoms with Crippen LogP contribution in [0.25, 0.3) is 0 Å². The van der Waals surface area contributed by atoms with E-state index in [0.29, 0.717) is 11.4 Å². The first-order chi connectivity index (χ1) is 10.9. The van der Waals surface area contributed by atoms with Crippen LogP contribution in [0.2, 0.25) is 0 Å². The molecule has 0 aliphatic rings. The summed E-state index contributed by atoms with van der Waals surface area (Å²) >= 11 is 0. The second-order valence-electron chi connectivity index (χ2n) is 4.98. The fourth-order valence-corrected chi connectivity index (χ4v) is 2.97. The Balaban J connectivity index is 2.04. The number of anilines is 2. The predicted octanol–water partition coefficient (Wildman–Crippen LogP) is 2.62. The highest BCUT2D eigenvalue weighted by Crippen LogP contribution is 2.18. The molecule has 0 aromatic heterocycles. The molecule has 0 unspecified atom stereocenters. The molecule has 0 saturated heterocycles. The van der Waals surface area contributed by atoms with Crippen LogP contribution < -0.4 is 9.62 Å². The number of nitrogens with one attached hydrogen (secondary N) is 1. The van der Waals surface area contributed by atoms with Crippen molar-refractivity contribution in [2.45, 2.75) is 6.42 Å². The van der Waals surface area contributed by atoms with Gasteiger partial charge in [0.15, 0.2) is 0 Å². The van der Waals surface area contributed by atoms with Crippen molar-refractivity contribution in [3.05, 3.63) is 60.4 Å². The molecule has 0 heterocycles. The minimum atomic E-state index is -3.57. The first-order valence-electron chi connectivity index (χ1n) is 6.94. The smallest absolute Gasteiger partial charge is 0.232 e. The van der Waals surface area contributed by atoms with Crippen molar-refractivity contribution in [2.24, 2.45) is 0 Å². The van der Waals surface area contributed by atoms with Gasteiger partial charge in [0.2, 0.25) is 15.9 Å². The Morgan fingerprint density at radius 2 is 1.70 bits per heavy atom. The van der Waals surface area contributed by atoms with E-state index in [1.807, 2.05) is 6.07 Å². The van der Waals surface area contributed by atoms with E-state index in [1.165, 1.54) is 24.3 Å². The summed E-state index contributed by atoms with van der Waals surface area (Å²) in [6.07, 6.45) is 1.03. The van der Waals surface area contributed by atoms with Crippen LogP contribution >= 0.6 is 0 Å². The van der Waals surface area contributed by atoms with Crippen molar-refractivity contribution in [3.8, 4) is 0 Å². The number of halogens is 1. The van der Waals surface area contributed by atoms with Crippen LogP contribution in [0.15, 0.2) is 54.6 Å². The van der Waals surface area contributed by atoms with Gasteiger partial charge in [-0.3, -0.25) is 9.10 Å². The van der Waals surface area contributed by atoms with Crippen molar-refractivity contribution in [2.75, 3.05) is 22.4 Å². The maximum atomic E-state index is 13.0. The van der Waals surface area contributed by atoms with Crippen molar-refractivity contribution in [1.82, 2.24) is 0 Å². The molecule has 2 aromatic carbocycles. The van der Waals surface area contributed by atoms with Gasteiger partial charge in [-0.15, -0.1) is 0 Å². The summed E-state index contributed by atoms with van der Waals surface area (Å²) in [7, 11) is -3.57. The molecule has 2 aromatic rings. The number of carbonyl (C=O) groups excluding carboxylic acids is 1. The highest BCUT2D eigenvalue weighted by atomic mass is 32.2. The minimum absolute atomic E-state index is 0.0145. The zero-order valence-corrected chi connectivity index (χ0v) is 13.4. The molecule has 1 amide bonds. The molecule has 0 bridgehead atoms. The first kappa shape index (κ1) is 17.0. The molecular formula is C16H17FN2O3S. The molecule has 1 N–H and O–H groups in total. The Morgan fingerprint density at radius 1 is 1.09 bits per heavy atom. The molecule has 122 valence electrons. The standard InChI is InChI=1S/C16H17FN2O3S/c1-23(21,22)19(15-9-7-13(17)8-10-15)12-11-16(20)18-14-5-3-2-4-6-14/h2-10H,11-12H2,1H3,(H,18,20). The van der Waals surface area contributed by atoms with E-state index in [4.69, 9.17) is 0 Å². The summed E-state index contributed by atoms with van der Waals surface area (Å²) < 4.78 is 37.8. The Kier molecular flexibility index (Phi) is 5.33. The van der Waals surface area contributed by atoms with Crippen molar-refractivity contribution >= 4 is 27.3 Å². The highest BCUT2D eigenvalue weighted by Gasteiger charge is 2.18. The fraction of sp³-hybridized carbons (Fsp3) is 0.188. The van der Waals surface area contributed by atoms with Crippen molar-refractivity contribution < 1.29 is 17.6 Å². The number of hydrogen-bond acceptors (Lipinski definition) is 3. The Labute approximate surface area is 134 Å². The molecule has 0 atom stereocenters. The predicted molar refractivity (Wildman–Crippen MR) is 88.3 cm³/mol. The molecular weight excluding hydrogens is 319 g/mol. The minimum Gasteiger partial charge on any atom is -0.326 e. The summed E-state index contributed by atoms with van der Waals surface area (Å²) in [5.41, 5.74) is 0.964. The third-order valence-corrected chi connectivity index (χ3v) is 4.31. The summed E-state index contributed by atoms with van der Waals surface area (Å²) in [5.74, 6) is -0.754. The summed E-state index contributed by atoms with van der Waals surface area (Å²) in [6, 6.07) is 14.0. The summed E-state index contributed by atoms with van der Waals surface area (Å²) in [4.78, 5) is 11.9. The van der Waals surface area contributed by atoms with Crippen LogP contribution in [0.4, 0.5) is 15.8 Å². The van der Waals surface area contributed by atoms with Gasteiger partial charge in [-0.2, -0.15) is 0 Å². The number of rotatable bonds is 6. The van der Waals surface area contributed by atoms with Crippen LogP contribution in [0, 0.1) is 5.82 Å². The second-order valence-corrected chi connectivity index (χ2v) is 6.88. The van der Waals surface area contributed by atoms with E-state index >= 15 is 0 Å². The first-order valence-corrected chi connectivity index (χ1v) is 8.79. The maximum Gasteiger partial charge on any atom is 0.232 e.